The molecule has 0 radical (unpaired) electrons. The zero-order chi connectivity index (χ0) is 12.8. The number of hydrogen-bond donors (Lipinski definition) is 1. The van der Waals surface area contributed by atoms with Gasteiger partial charge in [0.15, 0.2) is 5.78 Å². The number of amides is 1. The lowest BCUT2D eigenvalue weighted by Gasteiger charge is -2.09. The van der Waals surface area contributed by atoms with Gasteiger partial charge in [0.1, 0.15) is 5.75 Å². The SMILES string of the molecule is CCC(=O)Nc1ccc(OC)c(C(=O)CCl)c1. The highest BCUT2D eigenvalue weighted by molar-refractivity contribution is 6.30. The molecule has 5 heteroatoms. The van der Waals surface area contributed by atoms with Crippen molar-refractivity contribution in [3.8, 4) is 5.75 Å². The summed E-state index contributed by atoms with van der Waals surface area (Å²) < 4.78 is 5.06. The topological polar surface area (TPSA) is 55.4 Å². The van der Waals surface area contributed by atoms with Crippen molar-refractivity contribution in [1.82, 2.24) is 0 Å². The molecule has 1 rings (SSSR count). The van der Waals surface area contributed by atoms with Crippen LogP contribution in [-0.2, 0) is 4.79 Å². The number of methoxy groups -OCH3 is 1. The van der Waals surface area contributed by atoms with Gasteiger partial charge in [0.25, 0.3) is 0 Å². The van der Waals surface area contributed by atoms with Gasteiger partial charge in [0, 0.05) is 12.1 Å². The van der Waals surface area contributed by atoms with E-state index in [1.807, 2.05) is 0 Å². The van der Waals surface area contributed by atoms with Crippen molar-refractivity contribution in [2.24, 2.45) is 0 Å². The van der Waals surface area contributed by atoms with Crippen LogP contribution in [-0.4, -0.2) is 24.7 Å². The highest BCUT2D eigenvalue weighted by Crippen LogP contribution is 2.23. The Labute approximate surface area is 105 Å². The van der Waals surface area contributed by atoms with Crippen molar-refractivity contribution < 1.29 is 14.3 Å². The molecule has 0 heterocycles. The molecule has 1 aromatic carbocycles. The Morgan fingerprint density at radius 1 is 1.41 bits per heavy atom. The van der Waals surface area contributed by atoms with Crippen LogP contribution in [0.4, 0.5) is 5.69 Å². The first-order valence-electron chi connectivity index (χ1n) is 5.19. The lowest BCUT2D eigenvalue weighted by atomic mass is 10.1. The average Bonchev–Trinajstić information content (AvgIpc) is 2.37. The first-order chi connectivity index (χ1) is 8.12. The minimum atomic E-state index is -0.240. The Bertz CT molecular complexity index is 432. The minimum absolute atomic E-state index is 0.112. The molecule has 0 bridgehead atoms. The van der Waals surface area contributed by atoms with E-state index in [1.165, 1.54) is 7.11 Å². The van der Waals surface area contributed by atoms with E-state index >= 15 is 0 Å². The molecule has 0 aliphatic carbocycles. The molecule has 0 fully saturated rings. The highest BCUT2D eigenvalue weighted by atomic mass is 35.5. The highest BCUT2D eigenvalue weighted by Gasteiger charge is 2.12. The minimum Gasteiger partial charge on any atom is -0.496 e. The van der Waals surface area contributed by atoms with Crippen LogP contribution in [0.1, 0.15) is 23.7 Å². The van der Waals surface area contributed by atoms with Crippen LogP contribution < -0.4 is 10.1 Å². The van der Waals surface area contributed by atoms with Crippen molar-refractivity contribution in [2.45, 2.75) is 13.3 Å². The Morgan fingerprint density at radius 3 is 2.65 bits per heavy atom. The summed E-state index contributed by atoms with van der Waals surface area (Å²) in [7, 11) is 1.48. The summed E-state index contributed by atoms with van der Waals surface area (Å²) in [4.78, 5) is 22.8. The fourth-order valence-electron chi connectivity index (χ4n) is 1.33. The van der Waals surface area contributed by atoms with Crippen molar-refractivity contribution in [3.05, 3.63) is 23.8 Å². The quantitative estimate of drug-likeness (QED) is 0.650. The van der Waals surface area contributed by atoms with E-state index in [1.54, 1.807) is 25.1 Å². The number of ketones is 1. The maximum atomic E-state index is 11.6. The van der Waals surface area contributed by atoms with Crippen LogP contribution in [0, 0.1) is 0 Å². The Hall–Kier alpha value is -1.55. The molecule has 92 valence electrons. The van der Waals surface area contributed by atoms with Crippen LogP contribution in [0.2, 0.25) is 0 Å². The second-order valence-electron chi connectivity index (χ2n) is 3.37. The number of carbonyl (C=O) groups is 2. The monoisotopic (exact) mass is 255 g/mol. The molecule has 1 aromatic rings. The average molecular weight is 256 g/mol. The van der Waals surface area contributed by atoms with E-state index in [0.29, 0.717) is 23.4 Å². The molecule has 0 unspecified atom stereocenters. The van der Waals surface area contributed by atoms with Crippen LogP contribution in [0.5, 0.6) is 5.75 Å². The molecule has 0 atom stereocenters. The van der Waals surface area contributed by atoms with E-state index < -0.39 is 0 Å². The lowest BCUT2D eigenvalue weighted by Crippen LogP contribution is -2.11. The normalized spacial score (nSPS) is 9.82. The van der Waals surface area contributed by atoms with Gasteiger partial charge in [-0.2, -0.15) is 0 Å². The van der Waals surface area contributed by atoms with Crippen molar-refractivity contribution in [1.29, 1.82) is 0 Å². The third kappa shape index (κ3) is 3.46. The van der Waals surface area contributed by atoms with Gasteiger partial charge in [-0.15, -0.1) is 11.6 Å². The van der Waals surface area contributed by atoms with E-state index in [4.69, 9.17) is 16.3 Å². The van der Waals surface area contributed by atoms with Gasteiger partial charge in [0.05, 0.1) is 18.6 Å². The molecule has 17 heavy (non-hydrogen) atoms. The third-order valence-corrected chi connectivity index (χ3v) is 2.47. The lowest BCUT2D eigenvalue weighted by molar-refractivity contribution is -0.115. The summed E-state index contributed by atoms with van der Waals surface area (Å²) >= 11 is 5.51. The number of rotatable bonds is 5. The number of alkyl halides is 1. The van der Waals surface area contributed by atoms with Crippen LogP contribution in [0.25, 0.3) is 0 Å². The van der Waals surface area contributed by atoms with Crippen molar-refractivity contribution >= 4 is 29.0 Å². The van der Waals surface area contributed by atoms with Gasteiger partial charge in [0.2, 0.25) is 5.91 Å². The summed E-state index contributed by atoms with van der Waals surface area (Å²) in [5.41, 5.74) is 0.933. The van der Waals surface area contributed by atoms with E-state index in [2.05, 4.69) is 5.32 Å². The zero-order valence-electron chi connectivity index (χ0n) is 9.75. The molecule has 1 amide bonds. The number of halogens is 1. The largest absolute Gasteiger partial charge is 0.496 e. The predicted molar refractivity (Wildman–Crippen MR) is 67.0 cm³/mol. The first-order valence-corrected chi connectivity index (χ1v) is 5.72. The van der Waals surface area contributed by atoms with Gasteiger partial charge >= 0.3 is 0 Å². The molecular weight excluding hydrogens is 242 g/mol. The molecule has 0 spiro atoms. The third-order valence-electron chi connectivity index (χ3n) is 2.23. The summed E-state index contributed by atoms with van der Waals surface area (Å²) in [6.07, 6.45) is 0.380. The van der Waals surface area contributed by atoms with Gasteiger partial charge in [-0.3, -0.25) is 9.59 Å². The smallest absolute Gasteiger partial charge is 0.224 e. The number of benzene rings is 1. The van der Waals surface area contributed by atoms with E-state index in [-0.39, 0.29) is 17.6 Å². The molecule has 0 aliphatic rings. The number of ether oxygens (including phenoxy) is 1. The first kappa shape index (κ1) is 13.5. The summed E-state index contributed by atoms with van der Waals surface area (Å²) in [6.45, 7) is 1.75. The Balaban J connectivity index is 3.04. The van der Waals surface area contributed by atoms with Gasteiger partial charge in [-0.1, -0.05) is 6.92 Å². The maximum absolute atomic E-state index is 11.6. The summed E-state index contributed by atoms with van der Waals surface area (Å²) in [5.74, 6) is -0.0256. The Morgan fingerprint density at radius 2 is 2.12 bits per heavy atom. The fourth-order valence-corrected chi connectivity index (χ4v) is 1.47. The molecule has 4 nitrogen and oxygen atoms in total. The van der Waals surface area contributed by atoms with E-state index in [0.717, 1.165) is 0 Å². The summed E-state index contributed by atoms with van der Waals surface area (Å²) in [6, 6.07) is 4.87. The zero-order valence-corrected chi connectivity index (χ0v) is 10.5. The molecular formula is C12H14ClNO3. The van der Waals surface area contributed by atoms with E-state index in [9.17, 15) is 9.59 Å². The van der Waals surface area contributed by atoms with Crippen molar-refractivity contribution in [3.63, 3.8) is 0 Å². The molecule has 1 N–H and O–H groups in total. The second kappa shape index (κ2) is 6.25. The predicted octanol–water partition coefficient (Wildman–Crippen LogP) is 2.47. The van der Waals surface area contributed by atoms with Crippen LogP contribution in [0.15, 0.2) is 18.2 Å². The Kier molecular flexibility index (Phi) is 4.97. The van der Waals surface area contributed by atoms with Crippen LogP contribution >= 0.6 is 11.6 Å². The number of Topliss-reactive ketones (excluding diaryl/α,β-unsaturated/α-hetero) is 1. The number of hydrogen-bond acceptors (Lipinski definition) is 3. The second-order valence-corrected chi connectivity index (χ2v) is 3.64. The maximum Gasteiger partial charge on any atom is 0.224 e. The fraction of sp³-hybridized carbons (Fsp3) is 0.333. The number of nitrogens with one attached hydrogen (secondary N) is 1. The molecule has 0 aromatic heterocycles. The van der Waals surface area contributed by atoms with Crippen LogP contribution in [0.3, 0.4) is 0 Å². The van der Waals surface area contributed by atoms with Gasteiger partial charge in [-0.25, -0.2) is 0 Å². The number of carbonyl (C=O) groups excluding carboxylic acids is 2. The van der Waals surface area contributed by atoms with Crippen molar-refractivity contribution in [2.75, 3.05) is 18.3 Å². The molecule has 0 saturated carbocycles. The molecule has 0 saturated heterocycles. The summed E-state index contributed by atoms with van der Waals surface area (Å²) in [5, 5.41) is 2.67. The van der Waals surface area contributed by atoms with Gasteiger partial charge < -0.3 is 10.1 Å². The number of anilines is 1. The van der Waals surface area contributed by atoms with Gasteiger partial charge in [-0.05, 0) is 18.2 Å². The molecule has 0 aliphatic heterocycles. The standard InChI is InChI=1S/C12H14ClNO3/c1-3-12(16)14-8-4-5-11(17-2)9(6-8)10(15)7-13/h4-6H,3,7H2,1-2H3,(H,14,16).